The Morgan fingerprint density at radius 3 is 1.26 bits per heavy atom. The van der Waals surface area contributed by atoms with Crippen molar-refractivity contribution < 1.29 is 19.4 Å². The van der Waals surface area contributed by atoms with Crippen LogP contribution in [0.1, 0.15) is 194 Å². The summed E-state index contributed by atoms with van der Waals surface area (Å²) in [5.74, 6) is -2.08. The van der Waals surface area contributed by atoms with Crippen LogP contribution in [0.5, 0.6) is 0 Å². The number of unbranched alkanes of at least 4 members (excludes halogenated alkanes) is 20. The van der Waals surface area contributed by atoms with Gasteiger partial charge in [-0.1, -0.05) is 155 Å². The Bertz CT molecular complexity index is 549. The van der Waals surface area contributed by atoms with Crippen LogP contribution in [0.3, 0.4) is 0 Å². The summed E-state index contributed by atoms with van der Waals surface area (Å²) in [5, 5.41) is 9.62. The average Bonchev–Trinajstić information content (AvgIpc) is 2.94. The van der Waals surface area contributed by atoms with E-state index in [1.807, 2.05) is 0 Å². The van der Waals surface area contributed by atoms with E-state index in [2.05, 4.69) is 13.8 Å². The lowest BCUT2D eigenvalue weighted by Gasteiger charge is -2.29. The normalized spacial score (nSPS) is 17.5. The molecule has 4 heteroatoms. The number of rotatable bonds is 27. The van der Waals surface area contributed by atoms with Crippen molar-refractivity contribution in [3.05, 3.63) is 0 Å². The third-order valence-electron chi connectivity index (χ3n) is 8.93. The molecule has 39 heavy (non-hydrogen) atoms. The predicted molar refractivity (Wildman–Crippen MR) is 165 cm³/mol. The van der Waals surface area contributed by atoms with Gasteiger partial charge in [0.1, 0.15) is 6.10 Å². The van der Waals surface area contributed by atoms with Crippen molar-refractivity contribution >= 4 is 11.9 Å². The molecule has 1 rings (SSSR count). The Morgan fingerprint density at radius 1 is 0.564 bits per heavy atom. The Balaban J connectivity index is 2.31. The van der Waals surface area contributed by atoms with E-state index < -0.39 is 17.8 Å². The first-order chi connectivity index (χ1) is 19.1. The molecule has 230 valence electrons. The van der Waals surface area contributed by atoms with Gasteiger partial charge in [-0.3, -0.25) is 9.59 Å². The van der Waals surface area contributed by atoms with Crippen LogP contribution in [-0.4, -0.2) is 23.1 Å². The van der Waals surface area contributed by atoms with Crippen LogP contribution in [0, 0.1) is 11.8 Å². The van der Waals surface area contributed by atoms with Gasteiger partial charge in [0.15, 0.2) is 0 Å². The van der Waals surface area contributed by atoms with E-state index in [1.54, 1.807) is 0 Å². The van der Waals surface area contributed by atoms with Crippen molar-refractivity contribution in [2.45, 2.75) is 200 Å². The minimum Gasteiger partial charge on any atom is -0.481 e. The Kier molecular flexibility index (Phi) is 23.9. The Morgan fingerprint density at radius 2 is 0.897 bits per heavy atom. The molecule has 0 saturated heterocycles. The highest BCUT2D eigenvalue weighted by Crippen LogP contribution is 2.32. The molecule has 0 aromatic rings. The molecule has 0 amide bonds. The van der Waals surface area contributed by atoms with E-state index in [0.717, 1.165) is 38.5 Å². The molecular formula is C35H66O4. The minimum absolute atomic E-state index is 0.0361. The van der Waals surface area contributed by atoms with Gasteiger partial charge in [-0.15, -0.1) is 0 Å². The van der Waals surface area contributed by atoms with Crippen LogP contribution in [0.2, 0.25) is 0 Å². The summed E-state index contributed by atoms with van der Waals surface area (Å²) in [6.45, 7) is 4.54. The maximum absolute atomic E-state index is 13.0. The van der Waals surface area contributed by atoms with Gasteiger partial charge in [0.2, 0.25) is 0 Å². The van der Waals surface area contributed by atoms with Crippen molar-refractivity contribution in [3.8, 4) is 0 Å². The van der Waals surface area contributed by atoms with Crippen molar-refractivity contribution in [3.63, 3.8) is 0 Å². The number of hydrogen-bond acceptors (Lipinski definition) is 3. The number of carbonyl (C=O) groups excluding carboxylic acids is 1. The molecule has 1 saturated carbocycles. The summed E-state index contributed by atoms with van der Waals surface area (Å²) < 4.78 is 6.05. The average molecular weight is 551 g/mol. The molecule has 0 aliphatic heterocycles. The highest BCUT2D eigenvalue weighted by Gasteiger charge is 2.37. The number of ether oxygens (including phenoxy) is 1. The fraction of sp³-hybridized carbons (Fsp3) is 0.943. The summed E-state index contributed by atoms with van der Waals surface area (Å²) in [5.41, 5.74) is 0. The first kappa shape index (κ1) is 36.0. The van der Waals surface area contributed by atoms with Gasteiger partial charge in [-0.2, -0.15) is 0 Å². The standard InChI is InChI=1S/C35H66O4/c1-3-5-7-9-11-13-15-17-19-21-23-27-31(28-24-22-20-18-16-14-12-10-8-6-4-2)39-35(38)33-30-26-25-29-32(33)34(36)37/h31-33H,3-30H2,1-2H3,(H,36,37). The van der Waals surface area contributed by atoms with Crippen molar-refractivity contribution in [2.24, 2.45) is 11.8 Å². The van der Waals surface area contributed by atoms with Gasteiger partial charge >= 0.3 is 11.9 Å². The van der Waals surface area contributed by atoms with Gasteiger partial charge in [-0.05, 0) is 38.5 Å². The van der Waals surface area contributed by atoms with Crippen molar-refractivity contribution in [2.75, 3.05) is 0 Å². The SMILES string of the molecule is CCCCCCCCCCCCCC(CCCCCCCCCCCCC)OC(=O)C1CCCCC1C(=O)O. The summed E-state index contributed by atoms with van der Waals surface area (Å²) in [7, 11) is 0. The van der Waals surface area contributed by atoms with Crippen LogP contribution in [-0.2, 0) is 14.3 Å². The first-order valence-corrected chi connectivity index (χ1v) is 17.5. The van der Waals surface area contributed by atoms with E-state index in [-0.39, 0.29) is 12.1 Å². The number of aliphatic carboxylic acids is 1. The van der Waals surface area contributed by atoms with Gasteiger partial charge in [-0.25, -0.2) is 0 Å². The fourth-order valence-electron chi connectivity index (χ4n) is 6.29. The van der Waals surface area contributed by atoms with Gasteiger partial charge < -0.3 is 9.84 Å². The largest absolute Gasteiger partial charge is 0.481 e. The number of carbonyl (C=O) groups is 2. The maximum Gasteiger partial charge on any atom is 0.310 e. The first-order valence-electron chi connectivity index (χ1n) is 17.5. The second-order valence-electron chi connectivity index (χ2n) is 12.5. The third kappa shape index (κ3) is 19.6. The molecule has 0 heterocycles. The molecule has 2 atom stereocenters. The van der Waals surface area contributed by atoms with Crippen LogP contribution in [0.15, 0.2) is 0 Å². The van der Waals surface area contributed by atoms with Crippen LogP contribution in [0.4, 0.5) is 0 Å². The van der Waals surface area contributed by atoms with Crippen LogP contribution >= 0.6 is 0 Å². The van der Waals surface area contributed by atoms with E-state index in [4.69, 9.17) is 4.74 Å². The van der Waals surface area contributed by atoms with Crippen molar-refractivity contribution in [1.29, 1.82) is 0 Å². The van der Waals surface area contributed by atoms with E-state index in [0.29, 0.717) is 12.8 Å². The summed E-state index contributed by atoms with van der Waals surface area (Å²) >= 11 is 0. The number of carboxylic acids is 1. The molecule has 0 aromatic carbocycles. The summed E-state index contributed by atoms with van der Waals surface area (Å²) in [6, 6.07) is 0. The number of carboxylic acid groups (broad SMARTS) is 1. The monoisotopic (exact) mass is 550 g/mol. The van der Waals surface area contributed by atoms with E-state index in [9.17, 15) is 14.7 Å². The highest BCUT2D eigenvalue weighted by molar-refractivity contribution is 5.81. The maximum atomic E-state index is 13.0. The second-order valence-corrected chi connectivity index (χ2v) is 12.5. The van der Waals surface area contributed by atoms with E-state index in [1.165, 1.54) is 128 Å². The smallest absolute Gasteiger partial charge is 0.310 e. The Labute approximate surface area is 242 Å². The zero-order valence-electron chi connectivity index (χ0n) is 26.2. The zero-order valence-corrected chi connectivity index (χ0v) is 26.2. The van der Waals surface area contributed by atoms with Crippen molar-refractivity contribution in [1.82, 2.24) is 0 Å². The lowest BCUT2D eigenvalue weighted by molar-refractivity contribution is -0.164. The minimum atomic E-state index is -0.830. The fourth-order valence-corrected chi connectivity index (χ4v) is 6.29. The molecule has 4 nitrogen and oxygen atoms in total. The number of hydrogen-bond donors (Lipinski definition) is 1. The van der Waals surface area contributed by atoms with Crippen LogP contribution < -0.4 is 0 Å². The molecule has 1 fully saturated rings. The number of esters is 1. The molecule has 0 spiro atoms. The van der Waals surface area contributed by atoms with Gasteiger partial charge in [0.25, 0.3) is 0 Å². The molecule has 0 aromatic heterocycles. The zero-order chi connectivity index (χ0) is 28.4. The second kappa shape index (κ2) is 25.9. The highest BCUT2D eigenvalue weighted by atomic mass is 16.5. The molecule has 0 radical (unpaired) electrons. The van der Waals surface area contributed by atoms with Crippen LogP contribution in [0.25, 0.3) is 0 Å². The summed E-state index contributed by atoms with van der Waals surface area (Å²) in [4.78, 5) is 24.8. The molecule has 0 bridgehead atoms. The predicted octanol–water partition coefficient (Wildman–Crippen LogP) is 11.2. The lowest BCUT2D eigenvalue weighted by Crippen LogP contribution is -2.35. The Hall–Kier alpha value is -1.06. The van der Waals surface area contributed by atoms with Gasteiger partial charge in [0.05, 0.1) is 11.8 Å². The van der Waals surface area contributed by atoms with E-state index >= 15 is 0 Å². The van der Waals surface area contributed by atoms with Gasteiger partial charge in [0, 0.05) is 0 Å². The molecular weight excluding hydrogens is 484 g/mol. The molecule has 1 N–H and O–H groups in total. The topological polar surface area (TPSA) is 63.6 Å². The third-order valence-corrected chi connectivity index (χ3v) is 8.93. The summed E-state index contributed by atoms with van der Waals surface area (Å²) in [6.07, 6.45) is 33.9. The quantitative estimate of drug-likeness (QED) is 0.0816. The molecule has 1 aliphatic rings. The molecule has 1 aliphatic carbocycles. The lowest BCUT2D eigenvalue weighted by atomic mass is 9.79. The molecule has 2 unspecified atom stereocenters.